The number of rotatable bonds is 4. The van der Waals surface area contributed by atoms with E-state index in [1.54, 1.807) is 0 Å². The van der Waals surface area contributed by atoms with Crippen molar-refractivity contribution in [3.8, 4) is 0 Å². The van der Waals surface area contributed by atoms with Crippen LogP contribution < -0.4 is 10.6 Å². The zero-order chi connectivity index (χ0) is 16.0. The highest BCUT2D eigenvalue weighted by Crippen LogP contribution is 2.43. The second kappa shape index (κ2) is 5.36. The van der Waals surface area contributed by atoms with Crippen LogP contribution >= 0.6 is 11.6 Å². The molecular weight excluding hydrogens is 308 g/mol. The highest BCUT2D eigenvalue weighted by atomic mass is 35.5. The molecule has 0 unspecified atom stereocenters. The van der Waals surface area contributed by atoms with Crippen LogP contribution in [0.5, 0.6) is 0 Å². The number of anilines is 1. The molecule has 2 aromatic carbocycles. The fraction of sp³-hybridized carbons (Fsp3) is 0.316. The summed E-state index contributed by atoms with van der Waals surface area (Å²) in [5.74, 6) is -0.0432. The molecule has 0 saturated heterocycles. The third-order valence-electron chi connectivity index (χ3n) is 4.91. The van der Waals surface area contributed by atoms with Crippen LogP contribution in [0.2, 0.25) is 5.02 Å². The number of amides is 1. The molecule has 0 aromatic heterocycles. The molecule has 0 spiro atoms. The maximum atomic E-state index is 11.1. The zero-order valence-electron chi connectivity index (χ0n) is 13.1. The van der Waals surface area contributed by atoms with Crippen molar-refractivity contribution in [2.75, 3.05) is 5.32 Å². The molecule has 0 radical (unpaired) electrons. The van der Waals surface area contributed by atoms with Crippen LogP contribution in [0.1, 0.15) is 29.2 Å². The molecule has 2 aliphatic rings. The average molecular weight is 327 g/mol. The monoisotopic (exact) mass is 326 g/mol. The van der Waals surface area contributed by atoms with E-state index in [1.807, 2.05) is 12.1 Å². The number of hydrogen-bond donors (Lipinski definition) is 2. The first-order valence-corrected chi connectivity index (χ1v) is 8.33. The van der Waals surface area contributed by atoms with E-state index in [9.17, 15) is 4.79 Å². The number of benzene rings is 2. The van der Waals surface area contributed by atoms with Gasteiger partial charge in [0, 0.05) is 29.7 Å². The molecular formula is C19H19ClN2O. The van der Waals surface area contributed by atoms with Crippen molar-refractivity contribution in [2.24, 2.45) is 0 Å². The van der Waals surface area contributed by atoms with Gasteiger partial charge in [0.25, 0.3) is 0 Å². The number of hydrogen-bond acceptors (Lipinski definition) is 2. The lowest BCUT2D eigenvalue weighted by Gasteiger charge is -2.29. The number of halogens is 1. The second-order valence-electron chi connectivity index (χ2n) is 6.74. The van der Waals surface area contributed by atoms with Gasteiger partial charge in [0.15, 0.2) is 0 Å². The van der Waals surface area contributed by atoms with E-state index < -0.39 is 0 Å². The maximum Gasteiger partial charge on any atom is 0.221 e. The Kier molecular flexibility index (Phi) is 3.43. The highest BCUT2D eigenvalue weighted by Gasteiger charge is 2.44. The number of carbonyl (C=O) groups is 1. The topological polar surface area (TPSA) is 41.1 Å². The van der Waals surface area contributed by atoms with Gasteiger partial charge in [0.2, 0.25) is 5.91 Å². The largest absolute Gasteiger partial charge is 0.326 e. The molecule has 4 heteroatoms. The Bertz CT molecular complexity index is 755. The fourth-order valence-corrected chi connectivity index (χ4v) is 4.20. The van der Waals surface area contributed by atoms with E-state index in [4.69, 9.17) is 11.6 Å². The molecule has 2 aliphatic carbocycles. The standard InChI is InChI=1S/C19H19ClN2O/c1-12(23)22-17-4-2-13(3-5-17)11-21-19-8-14-6-16(20)7-15(9-19)18(14)10-19/h2-7,21H,8-11H2,1H3,(H,22,23). The van der Waals surface area contributed by atoms with Gasteiger partial charge in [-0.2, -0.15) is 0 Å². The molecule has 0 atom stereocenters. The van der Waals surface area contributed by atoms with Gasteiger partial charge >= 0.3 is 0 Å². The Hall–Kier alpha value is -1.84. The molecule has 2 N–H and O–H groups in total. The Labute approximate surface area is 141 Å². The molecule has 0 fully saturated rings. The van der Waals surface area contributed by atoms with Gasteiger partial charge in [-0.25, -0.2) is 0 Å². The predicted octanol–water partition coefficient (Wildman–Crippen LogP) is 3.48. The minimum Gasteiger partial charge on any atom is -0.326 e. The molecule has 4 rings (SSSR count). The van der Waals surface area contributed by atoms with Gasteiger partial charge in [-0.1, -0.05) is 23.7 Å². The van der Waals surface area contributed by atoms with Gasteiger partial charge < -0.3 is 10.6 Å². The first kappa shape index (κ1) is 14.7. The number of carbonyl (C=O) groups excluding carboxylic acids is 1. The van der Waals surface area contributed by atoms with Crippen LogP contribution in [0, 0.1) is 0 Å². The molecule has 0 aliphatic heterocycles. The third kappa shape index (κ3) is 2.75. The number of fused-ring (bicyclic) bond motifs is 1. The van der Waals surface area contributed by atoms with E-state index in [2.05, 4.69) is 34.9 Å². The lowest BCUT2D eigenvalue weighted by atomic mass is 9.89. The van der Waals surface area contributed by atoms with Crippen molar-refractivity contribution in [1.29, 1.82) is 0 Å². The molecule has 1 amide bonds. The summed E-state index contributed by atoms with van der Waals surface area (Å²) in [6.45, 7) is 2.36. The summed E-state index contributed by atoms with van der Waals surface area (Å²) in [6.07, 6.45) is 3.25. The molecule has 0 saturated carbocycles. The predicted molar refractivity (Wildman–Crippen MR) is 92.9 cm³/mol. The van der Waals surface area contributed by atoms with Crippen molar-refractivity contribution < 1.29 is 4.79 Å². The smallest absolute Gasteiger partial charge is 0.221 e. The van der Waals surface area contributed by atoms with Gasteiger partial charge in [-0.15, -0.1) is 0 Å². The van der Waals surface area contributed by atoms with Crippen LogP contribution in [0.3, 0.4) is 0 Å². The molecule has 2 aromatic rings. The second-order valence-corrected chi connectivity index (χ2v) is 7.18. The van der Waals surface area contributed by atoms with Gasteiger partial charge in [0.05, 0.1) is 0 Å². The maximum absolute atomic E-state index is 11.1. The molecule has 118 valence electrons. The van der Waals surface area contributed by atoms with Crippen LogP contribution in [0.25, 0.3) is 0 Å². The van der Waals surface area contributed by atoms with Crippen LogP contribution in [0.4, 0.5) is 5.69 Å². The van der Waals surface area contributed by atoms with E-state index in [-0.39, 0.29) is 11.4 Å². The summed E-state index contributed by atoms with van der Waals surface area (Å²) in [5, 5.41) is 7.42. The molecule has 2 bridgehead atoms. The summed E-state index contributed by atoms with van der Waals surface area (Å²) >= 11 is 6.17. The lowest BCUT2D eigenvalue weighted by Crippen LogP contribution is -2.46. The van der Waals surface area contributed by atoms with Gasteiger partial charge in [0.1, 0.15) is 0 Å². The normalized spacial score (nSPS) is 16.6. The summed E-state index contributed by atoms with van der Waals surface area (Å²) in [4.78, 5) is 11.1. The van der Waals surface area contributed by atoms with Crippen molar-refractivity contribution in [1.82, 2.24) is 5.32 Å². The highest BCUT2D eigenvalue weighted by molar-refractivity contribution is 6.30. The van der Waals surface area contributed by atoms with Crippen LogP contribution in [0.15, 0.2) is 36.4 Å². The zero-order valence-corrected chi connectivity index (χ0v) is 13.8. The SMILES string of the molecule is CC(=O)Nc1ccc(CNC23Cc4cc(Cl)cc(c4C2)C3)cc1. The van der Waals surface area contributed by atoms with E-state index >= 15 is 0 Å². The van der Waals surface area contributed by atoms with Crippen LogP contribution in [-0.4, -0.2) is 11.4 Å². The average Bonchev–Trinajstić information content (AvgIpc) is 3.01. The summed E-state index contributed by atoms with van der Waals surface area (Å²) in [6, 6.07) is 12.3. The van der Waals surface area contributed by atoms with Crippen LogP contribution in [-0.2, 0) is 30.6 Å². The molecule has 0 heterocycles. The summed E-state index contributed by atoms with van der Waals surface area (Å²) in [7, 11) is 0. The Morgan fingerprint density at radius 1 is 1.13 bits per heavy atom. The van der Waals surface area contributed by atoms with Gasteiger partial charge in [-0.05, 0) is 65.8 Å². The fourth-order valence-electron chi connectivity index (χ4n) is 3.94. The van der Waals surface area contributed by atoms with E-state index in [1.165, 1.54) is 29.2 Å². The summed E-state index contributed by atoms with van der Waals surface area (Å²) < 4.78 is 0. The van der Waals surface area contributed by atoms with Crippen molar-refractivity contribution >= 4 is 23.2 Å². The third-order valence-corrected chi connectivity index (χ3v) is 5.13. The summed E-state index contributed by atoms with van der Waals surface area (Å²) in [5.41, 5.74) is 6.56. The van der Waals surface area contributed by atoms with Crippen molar-refractivity contribution in [3.05, 3.63) is 63.7 Å². The minimum absolute atomic E-state index is 0.0432. The van der Waals surface area contributed by atoms with Gasteiger partial charge in [-0.3, -0.25) is 4.79 Å². The Morgan fingerprint density at radius 3 is 2.39 bits per heavy atom. The molecule has 3 nitrogen and oxygen atoms in total. The lowest BCUT2D eigenvalue weighted by molar-refractivity contribution is -0.114. The van der Waals surface area contributed by atoms with Crippen molar-refractivity contribution in [2.45, 2.75) is 38.3 Å². The Balaban J connectivity index is 1.43. The van der Waals surface area contributed by atoms with E-state index in [0.29, 0.717) is 0 Å². The van der Waals surface area contributed by atoms with E-state index in [0.717, 1.165) is 36.5 Å². The first-order valence-electron chi connectivity index (χ1n) is 7.95. The first-order chi connectivity index (χ1) is 11.0. The Morgan fingerprint density at radius 2 is 1.78 bits per heavy atom. The quantitative estimate of drug-likeness (QED) is 0.903. The molecule has 23 heavy (non-hydrogen) atoms. The van der Waals surface area contributed by atoms with Crippen molar-refractivity contribution in [3.63, 3.8) is 0 Å². The minimum atomic E-state index is -0.0432. The number of nitrogens with one attached hydrogen (secondary N) is 2.